The van der Waals surface area contributed by atoms with Gasteiger partial charge >= 0.3 is 5.97 Å². The summed E-state index contributed by atoms with van der Waals surface area (Å²) in [7, 11) is 0. The lowest BCUT2D eigenvalue weighted by Crippen LogP contribution is -2.20. The van der Waals surface area contributed by atoms with E-state index in [1.807, 2.05) is 26.0 Å². The Bertz CT molecular complexity index is 421. The summed E-state index contributed by atoms with van der Waals surface area (Å²) in [5, 5.41) is 9.40. The second-order valence-electron chi connectivity index (χ2n) is 5.25. The lowest BCUT2D eigenvalue weighted by atomic mass is 9.80. The molecule has 1 unspecified atom stereocenters. The maximum atomic E-state index is 11.4. The summed E-state index contributed by atoms with van der Waals surface area (Å²) in [5.74, 6) is -0.914. The number of hydrogen-bond acceptors (Lipinski definition) is 1. The van der Waals surface area contributed by atoms with Gasteiger partial charge in [0.25, 0.3) is 0 Å². The first kappa shape index (κ1) is 12.2. The SMILES string of the molecule is CC(C)C(C(=O)O)c1cccc2c1CCCC2. The van der Waals surface area contributed by atoms with Crippen molar-refractivity contribution in [1.82, 2.24) is 0 Å². The van der Waals surface area contributed by atoms with Gasteiger partial charge in [-0.3, -0.25) is 4.79 Å². The second-order valence-corrected chi connectivity index (χ2v) is 5.25. The molecule has 92 valence electrons. The predicted molar refractivity (Wildman–Crippen MR) is 68.3 cm³/mol. The zero-order valence-electron chi connectivity index (χ0n) is 10.6. The van der Waals surface area contributed by atoms with Crippen LogP contribution in [0.15, 0.2) is 18.2 Å². The van der Waals surface area contributed by atoms with Crippen molar-refractivity contribution in [3.8, 4) is 0 Å². The Hall–Kier alpha value is -1.31. The normalized spacial score (nSPS) is 16.6. The minimum Gasteiger partial charge on any atom is -0.481 e. The van der Waals surface area contributed by atoms with E-state index in [1.54, 1.807) is 0 Å². The summed E-state index contributed by atoms with van der Waals surface area (Å²) in [4.78, 5) is 11.4. The molecule has 2 heteroatoms. The molecule has 0 fully saturated rings. The highest BCUT2D eigenvalue weighted by Crippen LogP contribution is 2.33. The van der Waals surface area contributed by atoms with Crippen molar-refractivity contribution < 1.29 is 9.90 Å². The maximum Gasteiger partial charge on any atom is 0.311 e. The number of fused-ring (bicyclic) bond motifs is 1. The number of hydrogen-bond donors (Lipinski definition) is 1. The fourth-order valence-electron chi connectivity index (χ4n) is 2.88. The highest BCUT2D eigenvalue weighted by Gasteiger charge is 2.27. The molecule has 1 aromatic carbocycles. The smallest absolute Gasteiger partial charge is 0.311 e. The third-order valence-electron chi connectivity index (χ3n) is 3.70. The third-order valence-corrected chi connectivity index (χ3v) is 3.70. The van der Waals surface area contributed by atoms with Crippen molar-refractivity contribution in [3.05, 3.63) is 34.9 Å². The number of benzene rings is 1. The highest BCUT2D eigenvalue weighted by molar-refractivity contribution is 5.77. The van der Waals surface area contributed by atoms with E-state index in [2.05, 4.69) is 6.07 Å². The monoisotopic (exact) mass is 232 g/mol. The Morgan fingerprint density at radius 1 is 1.24 bits per heavy atom. The van der Waals surface area contributed by atoms with Crippen molar-refractivity contribution in [2.75, 3.05) is 0 Å². The lowest BCUT2D eigenvalue weighted by molar-refractivity contribution is -0.139. The number of carbonyl (C=O) groups is 1. The van der Waals surface area contributed by atoms with Gasteiger partial charge in [0.05, 0.1) is 5.92 Å². The van der Waals surface area contributed by atoms with Gasteiger partial charge in [-0.05, 0) is 48.3 Å². The second kappa shape index (κ2) is 4.91. The van der Waals surface area contributed by atoms with Crippen LogP contribution in [0.4, 0.5) is 0 Å². The molecule has 0 saturated heterocycles. The summed E-state index contributed by atoms with van der Waals surface area (Å²) in [6.45, 7) is 3.97. The molecule has 17 heavy (non-hydrogen) atoms. The van der Waals surface area contributed by atoms with Crippen molar-refractivity contribution in [3.63, 3.8) is 0 Å². The molecule has 0 aliphatic heterocycles. The fourth-order valence-corrected chi connectivity index (χ4v) is 2.88. The van der Waals surface area contributed by atoms with Crippen LogP contribution < -0.4 is 0 Å². The predicted octanol–water partition coefficient (Wildman–Crippen LogP) is 3.39. The molecule has 1 atom stereocenters. The Morgan fingerprint density at radius 2 is 1.94 bits per heavy atom. The van der Waals surface area contributed by atoms with Crippen LogP contribution in [0.5, 0.6) is 0 Å². The Balaban J connectivity index is 2.46. The molecule has 0 radical (unpaired) electrons. The zero-order valence-corrected chi connectivity index (χ0v) is 10.6. The van der Waals surface area contributed by atoms with E-state index >= 15 is 0 Å². The van der Waals surface area contributed by atoms with Crippen LogP contribution in [-0.2, 0) is 17.6 Å². The molecular weight excluding hydrogens is 212 g/mol. The van der Waals surface area contributed by atoms with E-state index in [0.717, 1.165) is 18.4 Å². The molecule has 0 aromatic heterocycles. The van der Waals surface area contributed by atoms with Crippen LogP contribution in [0.25, 0.3) is 0 Å². The summed E-state index contributed by atoms with van der Waals surface area (Å²) >= 11 is 0. The van der Waals surface area contributed by atoms with Crippen LogP contribution >= 0.6 is 0 Å². The Labute approximate surface area is 103 Å². The summed E-state index contributed by atoms with van der Waals surface area (Å²) in [6.07, 6.45) is 4.57. The zero-order chi connectivity index (χ0) is 12.4. The van der Waals surface area contributed by atoms with Crippen LogP contribution in [0.2, 0.25) is 0 Å². The molecular formula is C15H20O2. The molecule has 2 rings (SSSR count). The number of aliphatic carboxylic acids is 1. The van der Waals surface area contributed by atoms with E-state index in [1.165, 1.54) is 24.0 Å². The van der Waals surface area contributed by atoms with Gasteiger partial charge in [0.15, 0.2) is 0 Å². The summed E-state index contributed by atoms with van der Waals surface area (Å²) < 4.78 is 0. The van der Waals surface area contributed by atoms with E-state index < -0.39 is 5.97 Å². The molecule has 1 N–H and O–H groups in total. The van der Waals surface area contributed by atoms with Crippen LogP contribution in [0, 0.1) is 5.92 Å². The van der Waals surface area contributed by atoms with Gasteiger partial charge in [0.1, 0.15) is 0 Å². The van der Waals surface area contributed by atoms with Gasteiger partial charge < -0.3 is 5.11 Å². The largest absolute Gasteiger partial charge is 0.481 e. The van der Waals surface area contributed by atoms with Gasteiger partial charge in [0.2, 0.25) is 0 Å². The average molecular weight is 232 g/mol. The van der Waals surface area contributed by atoms with E-state index in [-0.39, 0.29) is 11.8 Å². The standard InChI is InChI=1S/C15H20O2/c1-10(2)14(15(16)17)13-9-5-7-11-6-3-4-8-12(11)13/h5,7,9-10,14H,3-4,6,8H2,1-2H3,(H,16,17). The third kappa shape index (κ3) is 2.36. The average Bonchev–Trinajstić information content (AvgIpc) is 2.28. The van der Waals surface area contributed by atoms with Gasteiger partial charge in [-0.15, -0.1) is 0 Å². The van der Waals surface area contributed by atoms with Gasteiger partial charge in [-0.2, -0.15) is 0 Å². The van der Waals surface area contributed by atoms with E-state index in [0.29, 0.717) is 0 Å². The van der Waals surface area contributed by atoms with Crippen molar-refractivity contribution in [1.29, 1.82) is 0 Å². The number of aryl methyl sites for hydroxylation is 1. The Morgan fingerprint density at radius 3 is 2.59 bits per heavy atom. The Kier molecular flexibility index (Phi) is 3.51. The van der Waals surface area contributed by atoms with Crippen LogP contribution in [0.3, 0.4) is 0 Å². The van der Waals surface area contributed by atoms with Gasteiger partial charge in [0, 0.05) is 0 Å². The first-order valence-electron chi connectivity index (χ1n) is 6.44. The van der Waals surface area contributed by atoms with Gasteiger partial charge in [-0.1, -0.05) is 32.0 Å². The molecule has 1 aromatic rings. The van der Waals surface area contributed by atoms with Crippen LogP contribution in [0.1, 0.15) is 49.3 Å². The number of rotatable bonds is 3. The van der Waals surface area contributed by atoms with E-state index in [4.69, 9.17) is 0 Å². The lowest BCUT2D eigenvalue weighted by Gasteiger charge is -2.24. The highest BCUT2D eigenvalue weighted by atomic mass is 16.4. The summed E-state index contributed by atoms with van der Waals surface area (Å²) in [6, 6.07) is 6.16. The minimum absolute atomic E-state index is 0.140. The molecule has 0 spiro atoms. The first-order valence-corrected chi connectivity index (χ1v) is 6.44. The van der Waals surface area contributed by atoms with Crippen molar-refractivity contribution in [2.45, 2.75) is 45.4 Å². The topological polar surface area (TPSA) is 37.3 Å². The molecule has 2 nitrogen and oxygen atoms in total. The van der Waals surface area contributed by atoms with Crippen LogP contribution in [-0.4, -0.2) is 11.1 Å². The summed E-state index contributed by atoms with van der Waals surface area (Å²) in [5.41, 5.74) is 3.71. The quantitative estimate of drug-likeness (QED) is 0.867. The molecule has 0 saturated carbocycles. The fraction of sp³-hybridized carbons (Fsp3) is 0.533. The first-order chi connectivity index (χ1) is 8.11. The van der Waals surface area contributed by atoms with Crippen molar-refractivity contribution in [2.24, 2.45) is 5.92 Å². The molecule has 1 aliphatic carbocycles. The number of carboxylic acid groups (broad SMARTS) is 1. The molecule has 0 amide bonds. The molecule has 0 heterocycles. The van der Waals surface area contributed by atoms with E-state index in [9.17, 15) is 9.90 Å². The number of carboxylic acids is 1. The van der Waals surface area contributed by atoms with Crippen molar-refractivity contribution >= 4 is 5.97 Å². The van der Waals surface area contributed by atoms with Gasteiger partial charge in [-0.25, -0.2) is 0 Å². The molecule has 1 aliphatic rings. The molecule has 0 bridgehead atoms. The maximum absolute atomic E-state index is 11.4. The minimum atomic E-state index is -0.695.